The molecular weight excluding hydrogens is 196 g/mol. The van der Waals surface area contributed by atoms with Crippen molar-refractivity contribution in [2.45, 2.75) is 6.92 Å². The van der Waals surface area contributed by atoms with Gasteiger partial charge in [0.1, 0.15) is 0 Å². The molecule has 0 saturated carbocycles. The van der Waals surface area contributed by atoms with E-state index >= 15 is 0 Å². The number of likely N-dealkylation sites (N-methyl/N-ethyl adjacent to an activating group) is 1. The molecule has 0 aliphatic rings. The third-order valence-corrected chi connectivity index (χ3v) is 2.32. The van der Waals surface area contributed by atoms with Crippen LogP contribution in [-0.4, -0.2) is 30.2 Å². The summed E-state index contributed by atoms with van der Waals surface area (Å²) in [5, 5.41) is 19.5. The van der Waals surface area contributed by atoms with Crippen LogP contribution in [0.2, 0.25) is 0 Å². The summed E-state index contributed by atoms with van der Waals surface area (Å²) in [5.74, 6) is 0. The number of benzene rings is 1. The van der Waals surface area contributed by atoms with Crippen LogP contribution in [0.3, 0.4) is 0 Å². The van der Waals surface area contributed by atoms with E-state index in [2.05, 4.69) is 0 Å². The second-order valence-electron chi connectivity index (χ2n) is 3.32. The Kier molecular flexibility index (Phi) is 3.62. The minimum Gasteiger partial charge on any atom is -0.395 e. The van der Waals surface area contributed by atoms with Gasteiger partial charge in [-0.15, -0.1) is 0 Å². The van der Waals surface area contributed by atoms with Crippen molar-refractivity contribution in [2.24, 2.45) is 0 Å². The second-order valence-corrected chi connectivity index (χ2v) is 3.32. The molecule has 0 bridgehead atoms. The lowest BCUT2D eigenvalue weighted by Crippen LogP contribution is -2.22. The summed E-state index contributed by atoms with van der Waals surface area (Å²) < 4.78 is 0. The number of aliphatic hydroxyl groups excluding tert-OH is 1. The van der Waals surface area contributed by atoms with Gasteiger partial charge in [-0.1, -0.05) is 6.07 Å². The molecule has 0 radical (unpaired) electrons. The van der Waals surface area contributed by atoms with E-state index in [0.717, 1.165) is 5.69 Å². The quantitative estimate of drug-likeness (QED) is 0.601. The third kappa shape index (κ3) is 2.44. The molecule has 0 fully saturated rings. The van der Waals surface area contributed by atoms with Crippen molar-refractivity contribution in [2.75, 3.05) is 25.1 Å². The van der Waals surface area contributed by atoms with Gasteiger partial charge in [0.25, 0.3) is 5.69 Å². The van der Waals surface area contributed by atoms with E-state index < -0.39 is 4.92 Å². The smallest absolute Gasteiger partial charge is 0.274 e. The van der Waals surface area contributed by atoms with Crippen LogP contribution in [0, 0.1) is 17.0 Å². The highest BCUT2D eigenvalue weighted by Crippen LogP contribution is 2.27. The highest BCUT2D eigenvalue weighted by molar-refractivity contribution is 5.60. The Balaban J connectivity index is 3.09. The Morgan fingerprint density at radius 2 is 2.20 bits per heavy atom. The fourth-order valence-corrected chi connectivity index (χ4v) is 1.49. The van der Waals surface area contributed by atoms with Gasteiger partial charge in [0.2, 0.25) is 0 Å². The maximum Gasteiger partial charge on any atom is 0.274 e. The fourth-order valence-electron chi connectivity index (χ4n) is 1.49. The predicted octanol–water partition coefficient (Wildman–Crippen LogP) is 1.33. The van der Waals surface area contributed by atoms with Gasteiger partial charge in [0, 0.05) is 30.9 Å². The van der Waals surface area contributed by atoms with Gasteiger partial charge in [-0.3, -0.25) is 10.1 Å². The van der Waals surface area contributed by atoms with Gasteiger partial charge in [0.05, 0.1) is 11.5 Å². The van der Waals surface area contributed by atoms with Crippen molar-refractivity contribution in [1.82, 2.24) is 0 Å². The average molecular weight is 210 g/mol. The molecule has 15 heavy (non-hydrogen) atoms. The molecule has 1 aromatic rings. The summed E-state index contributed by atoms with van der Waals surface area (Å²) in [4.78, 5) is 12.1. The van der Waals surface area contributed by atoms with Crippen molar-refractivity contribution in [3.8, 4) is 0 Å². The number of anilines is 1. The van der Waals surface area contributed by atoms with Gasteiger partial charge >= 0.3 is 0 Å². The first kappa shape index (κ1) is 11.5. The van der Waals surface area contributed by atoms with E-state index in [1.807, 2.05) is 0 Å². The van der Waals surface area contributed by atoms with Crippen LogP contribution in [0.25, 0.3) is 0 Å². The van der Waals surface area contributed by atoms with Crippen LogP contribution in [0.5, 0.6) is 0 Å². The van der Waals surface area contributed by atoms with E-state index in [9.17, 15) is 10.1 Å². The standard InChI is InChI=1S/C10H14N2O3/c1-8-9(11(2)6-7-13)4-3-5-10(8)12(14)15/h3-5,13H,6-7H2,1-2H3. The zero-order chi connectivity index (χ0) is 11.4. The monoisotopic (exact) mass is 210 g/mol. The van der Waals surface area contributed by atoms with Gasteiger partial charge in [-0.25, -0.2) is 0 Å². The van der Waals surface area contributed by atoms with E-state index in [1.54, 1.807) is 31.0 Å². The lowest BCUT2D eigenvalue weighted by Gasteiger charge is -2.19. The van der Waals surface area contributed by atoms with Crippen molar-refractivity contribution in [3.63, 3.8) is 0 Å². The molecule has 0 unspecified atom stereocenters. The average Bonchev–Trinajstić information content (AvgIpc) is 2.17. The molecule has 1 rings (SSSR count). The van der Waals surface area contributed by atoms with Crippen LogP contribution in [-0.2, 0) is 0 Å². The topological polar surface area (TPSA) is 66.6 Å². The summed E-state index contributed by atoms with van der Waals surface area (Å²) in [7, 11) is 1.79. The summed E-state index contributed by atoms with van der Waals surface area (Å²) >= 11 is 0. The molecule has 5 heteroatoms. The van der Waals surface area contributed by atoms with Gasteiger partial charge in [0.15, 0.2) is 0 Å². The maximum absolute atomic E-state index is 10.7. The van der Waals surface area contributed by atoms with Crippen molar-refractivity contribution >= 4 is 11.4 Å². The number of hydrogen-bond donors (Lipinski definition) is 1. The highest BCUT2D eigenvalue weighted by atomic mass is 16.6. The summed E-state index contributed by atoms with van der Waals surface area (Å²) in [5.41, 5.74) is 1.51. The van der Waals surface area contributed by atoms with Gasteiger partial charge in [-0.2, -0.15) is 0 Å². The molecule has 0 amide bonds. The van der Waals surface area contributed by atoms with E-state index in [4.69, 9.17) is 5.11 Å². The van der Waals surface area contributed by atoms with Crippen LogP contribution in [0.1, 0.15) is 5.56 Å². The first-order chi connectivity index (χ1) is 7.07. The minimum atomic E-state index is -0.397. The number of rotatable bonds is 4. The maximum atomic E-state index is 10.7. The zero-order valence-corrected chi connectivity index (χ0v) is 8.80. The number of nitrogens with zero attached hydrogens (tertiary/aromatic N) is 2. The molecule has 0 aliphatic heterocycles. The molecule has 0 aromatic heterocycles. The molecule has 82 valence electrons. The molecule has 5 nitrogen and oxygen atoms in total. The molecule has 0 saturated heterocycles. The molecule has 1 N–H and O–H groups in total. The van der Waals surface area contributed by atoms with Crippen LogP contribution in [0.4, 0.5) is 11.4 Å². The Hall–Kier alpha value is -1.62. The Morgan fingerprint density at radius 3 is 2.73 bits per heavy atom. The van der Waals surface area contributed by atoms with Crippen LogP contribution < -0.4 is 4.90 Å². The minimum absolute atomic E-state index is 0.0264. The van der Waals surface area contributed by atoms with Gasteiger partial charge < -0.3 is 10.0 Å². The Labute approximate surface area is 88.1 Å². The number of nitro benzene ring substituents is 1. The lowest BCUT2D eigenvalue weighted by molar-refractivity contribution is -0.385. The second kappa shape index (κ2) is 4.75. The highest BCUT2D eigenvalue weighted by Gasteiger charge is 2.14. The largest absolute Gasteiger partial charge is 0.395 e. The Morgan fingerprint density at radius 1 is 1.53 bits per heavy atom. The zero-order valence-electron chi connectivity index (χ0n) is 8.80. The van der Waals surface area contributed by atoms with E-state index in [-0.39, 0.29) is 12.3 Å². The normalized spacial score (nSPS) is 10.1. The van der Waals surface area contributed by atoms with Crippen LogP contribution >= 0.6 is 0 Å². The summed E-state index contributed by atoms with van der Waals surface area (Å²) in [6.07, 6.45) is 0. The number of hydrogen-bond acceptors (Lipinski definition) is 4. The Bertz CT molecular complexity index is 366. The van der Waals surface area contributed by atoms with Crippen molar-refractivity contribution in [3.05, 3.63) is 33.9 Å². The lowest BCUT2D eigenvalue weighted by atomic mass is 10.1. The number of aliphatic hydroxyl groups is 1. The van der Waals surface area contributed by atoms with Gasteiger partial charge in [-0.05, 0) is 13.0 Å². The van der Waals surface area contributed by atoms with Crippen molar-refractivity contribution in [1.29, 1.82) is 0 Å². The molecule has 0 atom stereocenters. The molecule has 0 aliphatic carbocycles. The molecule has 0 heterocycles. The summed E-state index contributed by atoms with van der Waals surface area (Å²) in [6.45, 7) is 2.20. The van der Waals surface area contributed by atoms with Crippen molar-refractivity contribution < 1.29 is 10.0 Å². The fraction of sp³-hybridized carbons (Fsp3) is 0.400. The predicted molar refractivity (Wildman–Crippen MR) is 58.2 cm³/mol. The SMILES string of the molecule is Cc1c(N(C)CCO)cccc1[N+](=O)[O-]. The molecule has 0 spiro atoms. The first-order valence-corrected chi connectivity index (χ1v) is 4.64. The van der Waals surface area contributed by atoms with Crippen LogP contribution in [0.15, 0.2) is 18.2 Å². The molecule has 1 aromatic carbocycles. The number of nitro groups is 1. The van der Waals surface area contributed by atoms with E-state index in [0.29, 0.717) is 12.1 Å². The van der Waals surface area contributed by atoms with E-state index in [1.165, 1.54) is 6.07 Å². The summed E-state index contributed by atoms with van der Waals surface area (Å²) in [6, 6.07) is 4.93. The molecular formula is C10H14N2O3. The first-order valence-electron chi connectivity index (χ1n) is 4.64. The third-order valence-electron chi connectivity index (χ3n) is 2.32.